The van der Waals surface area contributed by atoms with Crippen LogP contribution in [0.4, 0.5) is 0 Å². The molecule has 1 unspecified atom stereocenters. The van der Waals surface area contributed by atoms with Crippen LogP contribution >= 0.6 is 0 Å². The van der Waals surface area contributed by atoms with E-state index >= 15 is 0 Å². The molecule has 4 heteroatoms. The molecule has 1 amide bonds. The average molecular weight is 223 g/mol. The van der Waals surface area contributed by atoms with Gasteiger partial charge in [-0.25, -0.2) is 0 Å². The Bertz CT molecular complexity index is 392. The highest BCUT2D eigenvalue weighted by molar-refractivity contribution is 7.90. The Hall–Kier alpha value is -1.00. The van der Waals surface area contributed by atoms with E-state index in [0.29, 0.717) is 4.90 Å². The fraction of sp³-hybridized carbons (Fsp3) is 0.364. The highest BCUT2D eigenvalue weighted by Gasteiger charge is 2.17. The molecule has 0 bridgehead atoms. The number of nitrogens with one attached hydrogen (secondary N) is 1. The number of benzene rings is 1. The molecule has 0 aromatic heterocycles. The van der Waals surface area contributed by atoms with Crippen LogP contribution in [-0.4, -0.2) is 10.5 Å². The lowest BCUT2D eigenvalue weighted by molar-refractivity contribution is -0.117. The van der Waals surface area contributed by atoms with E-state index in [1.807, 2.05) is 18.2 Å². The van der Waals surface area contributed by atoms with Crippen molar-refractivity contribution in [3.05, 3.63) is 29.3 Å². The Morgan fingerprint density at radius 1 is 1.40 bits per heavy atom. The molecule has 1 N–H and O–H groups in total. The van der Waals surface area contributed by atoms with Crippen LogP contribution < -0.4 is 4.72 Å². The van der Waals surface area contributed by atoms with Gasteiger partial charge in [0.15, 0.2) is 4.90 Å². The third-order valence-corrected chi connectivity index (χ3v) is 3.68. The van der Waals surface area contributed by atoms with Crippen molar-refractivity contribution < 1.29 is 9.35 Å². The van der Waals surface area contributed by atoms with Crippen molar-refractivity contribution >= 4 is 17.3 Å². The van der Waals surface area contributed by atoms with E-state index in [0.717, 1.165) is 12.8 Å². The van der Waals surface area contributed by atoms with Gasteiger partial charge in [0, 0.05) is 6.92 Å². The van der Waals surface area contributed by atoms with E-state index in [-0.39, 0.29) is 5.91 Å². The maximum Gasteiger partial charge on any atom is 0.258 e. The SMILES string of the molecule is CC(=O)N[S+]([O-])c1ccc2c(c1)CCC2. The lowest BCUT2D eigenvalue weighted by Gasteiger charge is -2.09. The molecule has 0 radical (unpaired) electrons. The number of amides is 1. The zero-order valence-corrected chi connectivity index (χ0v) is 9.39. The Labute approximate surface area is 92.2 Å². The number of hydrogen-bond acceptors (Lipinski definition) is 2. The van der Waals surface area contributed by atoms with E-state index in [9.17, 15) is 9.35 Å². The zero-order chi connectivity index (χ0) is 10.8. The first-order valence-electron chi connectivity index (χ1n) is 4.97. The second-order valence-corrected chi connectivity index (χ2v) is 4.92. The fourth-order valence-corrected chi connectivity index (χ4v) is 2.67. The number of rotatable bonds is 2. The van der Waals surface area contributed by atoms with Crippen molar-refractivity contribution in [1.82, 2.24) is 4.72 Å². The molecule has 1 aliphatic rings. The smallest absolute Gasteiger partial charge is 0.258 e. The molecule has 1 aliphatic carbocycles. The predicted octanol–water partition coefficient (Wildman–Crippen LogP) is 1.33. The van der Waals surface area contributed by atoms with Crippen LogP contribution in [0, 0.1) is 0 Å². The number of fused-ring (bicyclic) bond motifs is 1. The first-order valence-corrected chi connectivity index (χ1v) is 6.12. The van der Waals surface area contributed by atoms with Gasteiger partial charge >= 0.3 is 0 Å². The van der Waals surface area contributed by atoms with Gasteiger partial charge in [-0.15, -0.1) is 0 Å². The lowest BCUT2D eigenvalue weighted by Crippen LogP contribution is -2.28. The summed E-state index contributed by atoms with van der Waals surface area (Å²) in [5, 5.41) is 0. The topological polar surface area (TPSA) is 52.2 Å². The highest BCUT2D eigenvalue weighted by atomic mass is 32.2. The van der Waals surface area contributed by atoms with Crippen LogP contribution in [-0.2, 0) is 29.0 Å². The van der Waals surface area contributed by atoms with Crippen LogP contribution in [0.3, 0.4) is 0 Å². The number of aryl methyl sites for hydroxylation is 2. The minimum absolute atomic E-state index is 0.270. The van der Waals surface area contributed by atoms with Crippen molar-refractivity contribution in [2.75, 3.05) is 0 Å². The van der Waals surface area contributed by atoms with Gasteiger partial charge < -0.3 is 4.55 Å². The molecule has 1 aromatic carbocycles. The minimum atomic E-state index is -1.41. The highest BCUT2D eigenvalue weighted by Crippen LogP contribution is 2.24. The van der Waals surface area contributed by atoms with Crippen molar-refractivity contribution in [1.29, 1.82) is 0 Å². The summed E-state index contributed by atoms with van der Waals surface area (Å²) < 4.78 is 14.0. The maximum absolute atomic E-state index is 11.6. The quantitative estimate of drug-likeness (QED) is 0.769. The van der Waals surface area contributed by atoms with Gasteiger partial charge in [-0.05, 0) is 42.5 Å². The van der Waals surface area contributed by atoms with Crippen LogP contribution in [0.1, 0.15) is 24.5 Å². The zero-order valence-electron chi connectivity index (χ0n) is 8.58. The number of carbonyl (C=O) groups is 1. The van der Waals surface area contributed by atoms with Crippen LogP contribution in [0.25, 0.3) is 0 Å². The van der Waals surface area contributed by atoms with Crippen molar-refractivity contribution in [2.24, 2.45) is 0 Å². The molecule has 0 aliphatic heterocycles. The summed E-state index contributed by atoms with van der Waals surface area (Å²) in [6, 6.07) is 5.78. The Kier molecular flexibility index (Phi) is 2.98. The molecule has 0 fully saturated rings. The van der Waals surface area contributed by atoms with E-state index < -0.39 is 11.4 Å². The molecule has 0 saturated heterocycles. The fourth-order valence-electron chi connectivity index (χ4n) is 1.85. The average Bonchev–Trinajstić information content (AvgIpc) is 2.62. The van der Waals surface area contributed by atoms with E-state index in [1.165, 1.54) is 24.5 Å². The number of carbonyl (C=O) groups excluding carboxylic acids is 1. The maximum atomic E-state index is 11.6. The Morgan fingerprint density at radius 2 is 2.13 bits per heavy atom. The minimum Gasteiger partial charge on any atom is -0.588 e. The molecular weight excluding hydrogens is 210 g/mol. The Balaban J connectivity index is 2.19. The second kappa shape index (κ2) is 4.24. The summed E-state index contributed by atoms with van der Waals surface area (Å²) in [6.07, 6.45) is 3.34. The van der Waals surface area contributed by atoms with Crippen molar-refractivity contribution in [3.8, 4) is 0 Å². The van der Waals surface area contributed by atoms with E-state index in [4.69, 9.17) is 0 Å². The molecule has 1 atom stereocenters. The van der Waals surface area contributed by atoms with Gasteiger partial charge in [-0.2, -0.15) is 4.72 Å². The molecule has 0 spiro atoms. The van der Waals surface area contributed by atoms with Crippen molar-refractivity contribution in [3.63, 3.8) is 0 Å². The molecule has 0 heterocycles. The first kappa shape index (κ1) is 10.5. The van der Waals surface area contributed by atoms with Gasteiger partial charge in [0.05, 0.1) is 0 Å². The summed E-state index contributed by atoms with van der Waals surface area (Å²) in [5.74, 6) is -0.270. The predicted molar refractivity (Wildman–Crippen MR) is 58.7 cm³/mol. The largest absolute Gasteiger partial charge is 0.588 e. The first-order chi connectivity index (χ1) is 7.16. The molecule has 80 valence electrons. The molecular formula is C11H13NO2S. The summed E-state index contributed by atoms with van der Waals surface area (Å²) >= 11 is -1.41. The standard InChI is InChI=1S/C11H13NO2S/c1-8(13)12-15(14)11-6-5-9-3-2-4-10(9)7-11/h5-7H,2-4H2,1H3,(H,12,13). The summed E-state index contributed by atoms with van der Waals surface area (Å²) in [7, 11) is 0. The monoisotopic (exact) mass is 223 g/mol. The van der Waals surface area contributed by atoms with Crippen LogP contribution in [0.5, 0.6) is 0 Å². The van der Waals surface area contributed by atoms with Gasteiger partial charge in [-0.3, -0.25) is 4.79 Å². The normalized spacial score (nSPS) is 15.9. The van der Waals surface area contributed by atoms with Gasteiger partial charge in [0.25, 0.3) is 5.91 Å². The molecule has 3 nitrogen and oxygen atoms in total. The van der Waals surface area contributed by atoms with E-state index in [1.54, 1.807) is 0 Å². The summed E-state index contributed by atoms with van der Waals surface area (Å²) in [6.45, 7) is 1.37. The van der Waals surface area contributed by atoms with Crippen LogP contribution in [0.15, 0.2) is 23.1 Å². The third kappa shape index (κ3) is 2.33. The second-order valence-electron chi connectivity index (χ2n) is 3.71. The number of hydrogen-bond donors (Lipinski definition) is 1. The molecule has 0 saturated carbocycles. The molecule has 15 heavy (non-hydrogen) atoms. The third-order valence-electron chi connectivity index (χ3n) is 2.52. The van der Waals surface area contributed by atoms with Gasteiger partial charge in [0.1, 0.15) is 11.4 Å². The van der Waals surface area contributed by atoms with Gasteiger partial charge in [0.2, 0.25) is 0 Å². The van der Waals surface area contributed by atoms with Gasteiger partial charge in [-0.1, -0.05) is 6.07 Å². The molecule has 2 rings (SSSR count). The lowest BCUT2D eigenvalue weighted by atomic mass is 10.1. The summed E-state index contributed by atoms with van der Waals surface area (Å²) in [5.41, 5.74) is 2.62. The Morgan fingerprint density at radius 3 is 2.87 bits per heavy atom. The van der Waals surface area contributed by atoms with E-state index in [2.05, 4.69) is 4.72 Å². The van der Waals surface area contributed by atoms with Crippen LogP contribution in [0.2, 0.25) is 0 Å². The van der Waals surface area contributed by atoms with Crippen molar-refractivity contribution in [2.45, 2.75) is 31.1 Å². The molecule has 1 aromatic rings. The summed E-state index contributed by atoms with van der Waals surface area (Å²) in [4.78, 5) is 11.4.